The molecule has 3 aromatic carbocycles. The molecule has 6 nitrogen and oxygen atoms in total. The molecule has 4 atom stereocenters. The number of amides is 1. The van der Waals surface area contributed by atoms with E-state index >= 15 is 0 Å². The molecular formula is C32H31NO5. The Labute approximate surface area is 222 Å². The number of para-hydroxylation sites is 1. The molecule has 0 unspecified atom stereocenters. The third-order valence-electron chi connectivity index (χ3n) is 9.20. The maximum atomic E-state index is 13.5. The number of hydrogen-bond acceptors (Lipinski definition) is 4. The van der Waals surface area contributed by atoms with E-state index in [2.05, 4.69) is 24.3 Å². The van der Waals surface area contributed by atoms with Gasteiger partial charge in [0, 0.05) is 42.0 Å². The van der Waals surface area contributed by atoms with Crippen LogP contribution in [0.4, 0.5) is 0 Å². The van der Waals surface area contributed by atoms with E-state index in [0.29, 0.717) is 12.3 Å². The first-order valence-electron chi connectivity index (χ1n) is 13.0. The summed E-state index contributed by atoms with van der Waals surface area (Å²) in [6.07, 6.45) is 4.91. The molecule has 1 saturated carbocycles. The lowest BCUT2D eigenvalue weighted by Crippen LogP contribution is -2.60. The van der Waals surface area contributed by atoms with Crippen LogP contribution >= 0.6 is 0 Å². The first-order chi connectivity index (χ1) is 18.5. The van der Waals surface area contributed by atoms with E-state index in [1.807, 2.05) is 48.5 Å². The van der Waals surface area contributed by atoms with Crippen molar-refractivity contribution < 1.29 is 24.2 Å². The second kappa shape index (κ2) is 9.05. The van der Waals surface area contributed by atoms with E-state index in [9.17, 15) is 14.7 Å². The SMILES string of the molecule is COc1ccc([C@@]23CC[C@@H](c4ccccc42)[C@@]2(C(=O)O)CN(C(=O)/C=C/c4ccccc4OC)C[C@@H]32)cc1. The van der Waals surface area contributed by atoms with Gasteiger partial charge in [0.05, 0.1) is 19.6 Å². The van der Waals surface area contributed by atoms with Gasteiger partial charge in [-0.05, 0) is 53.8 Å². The van der Waals surface area contributed by atoms with E-state index in [1.54, 1.807) is 31.3 Å². The smallest absolute Gasteiger partial charge is 0.312 e. The van der Waals surface area contributed by atoms with Crippen molar-refractivity contribution in [2.24, 2.45) is 11.3 Å². The first-order valence-corrected chi connectivity index (χ1v) is 13.0. The molecule has 1 aliphatic heterocycles. The van der Waals surface area contributed by atoms with Gasteiger partial charge in [-0.1, -0.05) is 54.6 Å². The Bertz CT molecular complexity index is 1430. The van der Waals surface area contributed by atoms with E-state index in [-0.39, 0.29) is 24.3 Å². The molecule has 2 fully saturated rings. The maximum Gasteiger partial charge on any atom is 0.312 e. The zero-order valence-corrected chi connectivity index (χ0v) is 21.6. The molecule has 194 valence electrons. The Morgan fingerprint density at radius 1 is 0.974 bits per heavy atom. The Morgan fingerprint density at radius 3 is 2.45 bits per heavy atom. The molecule has 6 heteroatoms. The van der Waals surface area contributed by atoms with E-state index in [1.165, 1.54) is 5.56 Å². The number of carboxylic acids is 1. The summed E-state index contributed by atoms with van der Waals surface area (Å²) in [5, 5.41) is 10.9. The topological polar surface area (TPSA) is 76.1 Å². The highest BCUT2D eigenvalue weighted by Gasteiger charge is 2.70. The Morgan fingerprint density at radius 2 is 1.71 bits per heavy atom. The summed E-state index contributed by atoms with van der Waals surface area (Å²) in [5.74, 6) is 0.0519. The quantitative estimate of drug-likeness (QED) is 0.467. The summed E-state index contributed by atoms with van der Waals surface area (Å²) in [5.41, 5.74) is 2.63. The zero-order valence-electron chi connectivity index (χ0n) is 21.6. The van der Waals surface area contributed by atoms with Crippen molar-refractivity contribution >= 4 is 18.0 Å². The van der Waals surface area contributed by atoms with Gasteiger partial charge >= 0.3 is 5.97 Å². The van der Waals surface area contributed by atoms with Crippen LogP contribution in [0.3, 0.4) is 0 Å². The summed E-state index contributed by atoms with van der Waals surface area (Å²) in [6.45, 7) is 0.581. The molecule has 0 radical (unpaired) electrons. The second-order valence-corrected chi connectivity index (χ2v) is 10.6. The van der Waals surface area contributed by atoms with Gasteiger partial charge in [0.1, 0.15) is 11.5 Å². The highest BCUT2D eigenvalue weighted by molar-refractivity contribution is 5.93. The van der Waals surface area contributed by atoms with Crippen molar-refractivity contribution in [1.29, 1.82) is 0 Å². The van der Waals surface area contributed by atoms with Crippen LogP contribution in [0.1, 0.15) is 41.0 Å². The molecule has 4 aliphatic rings. The van der Waals surface area contributed by atoms with E-state index in [4.69, 9.17) is 9.47 Å². The van der Waals surface area contributed by atoms with Gasteiger partial charge < -0.3 is 19.5 Å². The van der Waals surface area contributed by atoms with Crippen LogP contribution in [0.15, 0.2) is 78.9 Å². The number of fused-ring (bicyclic) bond motifs is 1. The Balaban J connectivity index is 1.44. The normalized spacial score (nSPS) is 27.2. The number of carbonyl (C=O) groups excluding carboxylic acids is 1. The number of carboxylic acid groups (broad SMARTS) is 1. The molecule has 3 aromatic rings. The number of ether oxygens (including phenoxy) is 2. The minimum atomic E-state index is -1.06. The molecule has 0 aromatic heterocycles. The lowest BCUT2D eigenvalue weighted by Gasteiger charge is -2.59. The summed E-state index contributed by atoms with van der Waals surface area (Å²) >= 11 is 0. The highest BCUT2D eigenvalue weighted by Crippen LogP contribution is 2.69. The van der Waals surface area contributed by atoms with Gasteiger partial charge in [0.2, 0.25) is 5.91 Å². The molecule has 1 amide bonds. The Kier molecular flexibility index (Phi) is 5.78. The van der Waals surface area contributed by atoms with Gasteiger partial charge in [-0.25, -0.2) is 0 Å². The van der Waals surface area contributed by atoms with Crippen LogP contribution in [0, 0.1) is 11.3 Å². The van der Waals surface area contributed by atoms with Crippen LogP contribution < -0.4 is 9.47 Å². The molecule has 1 N–H and O–H groups in total. The van der Waals surface area contributed by atoms with Crippen molar-refractivity contribution in [2.45, 2.75) is 24.2 Å². The largest absolute Gasteiger partial charge is 0.497 e. The second-order valence-electron chi connectivity index (χ2n) is 10.6. The van der Waals surface area contributed by atoms with Gasteiger partial charge in [-0.3, -0.25) is 9.59 Å². The summed E-state index contributed by atoms with van der Waals surface area (Å²) in [6, 6.07) is 23.8. The van der Waals surface area contributed by atoms with Crippen LogP contribution in [0.2, 0.25) is 0 Å². The number of methoxy groups -OCH3 is 2. The average molecular weight is 510 g/mol. The predicted octanol–water partition coefficient (Wildman–Crippen LogP) is 5.12. The molecule has 3 aliphatic carbocycles. The van der Waals surface area contributed by atoms with Gasteiger partial charge in [-0.2, -0.15) is 0 Å². The minimum absolute atomic E-state index is 0.141. The molecule has 7 rings (SSSR count). The summed E-state index contributed by atoms with van der Waals surface area (Å²) in [7, 11) is 3.24. The lowest BCUT2D eigenvalue weighted by molar-refractivity contribution is -0.157. The van der Waals surface area contributed by atoms with Gasteiger partial charge in [0.15, 0.2) is 0 Å². The minimum Gasteiger partial charge on any atom is -0.497 e. The standard InChI is InChI=1S/C32H31NO5/c1-37-23-14-12-22(13-15-23)31-18-17-26(24-8-4-5-9-25(24)31)32(30(35)36)20-33(19-28(31)32)29(34)16-11-21-7-3-6-10-27(21)38-2/h3-16,26,28H,17-20H2,1-2H3,(H,35,36)/b16-11+/t26-,28-,31-,32-/m0/s1. The van der Waals surface area contributed by atoms with Crippen molar-refractivity contribution in [3.63, 3.8) is 0 Å². The van der Waals surface area contributed by atoms with Crippen LogP contribution in [0.25, 0.3) is 6.08 Å². The third-order valence-corrected chi connectivity index (χ3v) is 9.20. The Hall–Kier alpha value is -4.06. The van der Waals surface area contributed by atoms with Crippen molar-refractivity contribution in [3.8, 4) is 11.5 Å². The van der Waals surface area contributed by atoms with Crippen LogP contribution in [0.5, 0.6) is 11.5 Å². The summed E-state index contributed by atoms with van der Waals surface area (Å²) in [4.78, 5) is 28.6. The van der Waals surface area contributed by atoms with Gasteiger partial charge in [0.25, 0.3) is 0 Å². The number of aliphatic carboxylic acids is 1. The van der Waals surface area contributed by atoms with Crippen molar-refractivity contribution in [1.82, 2.24) is 4.90 Å². The lowest BCUT2D eigenvalue weighted by atomic mass is 9.42. The molecule has 38 heavy (non-hydrogen) atoms. The monoisotopic (exact) mass is 509 g/mol. The van der Waals surface area contributed by atoms with E-state index in [0.717, 1.165) is 35.3 Å². The van der Waals surface area contributed by atoms with Gasteiger partial charge in [-0.15, -0.1) is 0 Å². The third kappa shape index (κ3) is 3.32. The van der Waals surface area contributed by atoms with Crippen LogP contribution in [-0.4, -0.2) is 49.2 Å². The molecule has 0 spiro atoms. The molecule has 1 heterocycles. The number of likely N-dealkylation sites (tertiary alicyclic amines) is 1. The van der Waals surface area contributed by atoms with Crippen molar-refractivity contribution in [3.05, 3.63) is 101 Å². The number of rotatable bonds is 6. The fraction of sp³-hybridized carbons (Fsp3) is 0.312. The fourth-order valence-corrected chi connectivity index (χ4v) is 7.58. The van der Waals surface area contributed by atoms with Crippen molar-refractivity contribution in [2.75, 3.05) is 27.3 Å². The number of benzene rings is 3. The maximum absolute atomic E-state index is 13.5. The number of carbonyl (C=O) groups is 2. The fourth-order valence-electron chi connectivity index (χ4n) is 7.58. The number of hydrogen-bond donors (Lipinski definition) is 1. The molecule has 2 bridgehead atoms. The van der Waals surface area contributed by atoms with Crippen LogP contribution in [-0.2, 0) is 15.0 Å². The molecular weight excluding hydrogens is 478 g/mol. The zero-order chi connectivity index (χ0) is 26.5. The number of nitrogens with zero attached hydrogens (tertiary/aromatic N) is 1. The van der Waals surface area contributed by atoms with E-state index < -0.39 is 16.8 Å². The predicted molar refractivity (Wildman–Crippen MR) is 144 cm³/mol. The average Bonchev–Trinajstić information content (AvgIpc) is 3.40. The highest BCUT2D eigenvalue weighted by atomic mass is 16.5. The molecule has 1 saturated heterocycles. The first kappa shape index (κ1) is 24.3. The summed E-state index contributed by atoms with van der Waals surface area (Å²) < 4.78 is 10.8.